The molecule has 4 aromatic rings. The summed E-state index contributed by atoms with van der Waals surface area (Å²) in [6.45, 7) is 0. The molecule has 0 aliphatic rings. The molecule has 0 radical (unpaired) electrons. The Morgan fingerprint density at radius 2 is 1.62 bits per heavy atom. The number of nitro groups is 1. The summed E-state index contributed by atoms with van der Waals surface area (Å²) in [5.74, 6) is -1.61. The quantitative estimate of drug-likeness (QED) is 0.120. The third kappa shape index (κ3) is 6.11. The Kier molecular flexibility index (Phi) is 7.45. The number of amides is 2. The fraction of sp³-hybridized carbons (Fsp3) is 0. The van der Waals surface area contributed by atoms with E-state index in [1.165, 1.54) is 54.9 Å². The standard InChI is InChI=1S/C26H18N4O7/c31-24(17-11-13-19(14-12-17)30(34)35)28-21-8-3-2-7-20(21)25(32)29-27-16-18-6-1-4-9-22(18)37-26(33)23-10-5-15-36-23/h1-16H,(H,28,31)(H,29,32)/b27-16-. The number of ether oxygens (including phenoxy) is 1. The zero-order valence-corrected chi connectivity index (χ0v) is 19.0. The number of esters is 1. The smallest absolute Gasteiger partial charge is 0.379 e. The Bertz CT molecular complexity index is 1480. The zero-order valence-electron chi connectivity index (χ0n) is 19.0. The number of para-hydroxylation sites is 2. The number of rotatable bonds is 8. The Labute approximate surface area is 209 Å². The lowest BCUT2D eigenvalue weighted by atomic mass is 10.1. The molecule has 0 saturated carbocycles. The molecule has 11 heteroatoms. The predicted molar refractivity (Wildman–Crippen MR) is 133 cm³/mol. The molecule has 0 atom stereocenters. The minimum atomic E-state index is -0.687. The van der Waals surface area contributed by atoms with Crippen LogP contribution in [-0.2, 0) is 0 Å². The summed E-state index contributed by atoms with van der Waals surface area (Å²) in [7, 11) is 0. The normalized spacial score (nSPS) is 10.6. The Hall–Kier alpha value is -5.58. The number of carbonyl (C=O) groups is 3. The van der Waals surface area contributed by atoms with Gasteiger partial charge >= 0.3 is 5.97 Å². The van der Waals surface area contributed by atoms with Crippen molar-refractivity contribution in [1.82, 2.24) is 5.43 Å². The summed E-state index contributed by atoms with van der Waals surface area (Å²) in [5, 5.41) is 17.4. The van der Waals surface area contributed by atoms with Gasteiger partial charge in [0.2, 0.25) is 5.76 Å². The second kappa shape index (κ2) is 11.2. The molecule has 37 heavy (non-hydrogen) atoms. The molecule has 0 unspecified atom stereocenters. The average molecular weight is 498 g/mol. The molecule has 1 aromatic heterocycles. The van der Waals surface area contributed by atoms with Crippen molar-refractivity contribution in [2.24, 2.45) is 5.10 Å². The molecule has 3 aromatic carbocycles. The van der Waals surface area contributed by atoms with Crippen molar-refractivity contribution in [1.29, 1.82) is 0 Å². The molecule has 0 aliphatic carbocycles. The molecule has 0 bridgehead atoms. The number of hydrogen-bond donors (Lipinski definition) is 2. The lowest BCUT2D eigenvalue weighted by Gasteiger charge is -2.10. The van der Waals surface area contributed by atoms with E-state index in [1.54, 1.807) is 42.5 Å². The van der Waals surface area contributed by atoms with E-state index in [0.717, 1.165) is 0 Å². The van der Waals surface area contributed by atoms with E-state index < -0.39 is 22.7 Å². The van der Waals surface area contributed by atoms with Gasteiger partial charge in [0.15, 0.2) is 0 Å². The molecule has 0 aliphatic heterocycles. The molecule has 184 valence electrons. The second-order valence-corrected chi connectivity index (χ2v) is 7.41. The first-order valence-electron chi connectivity index (χ1n) is 10.8. The number of nitrogens with zero attached hydrogens (tertiary/aromatic N) is 2. The number of nitro benzene ring substituents is 1. The summed E-state index contributed by atoms with van der Waals surface area (Å²) < 4.78 is 10.4. The number of hydrazone groups is 1. The lowest BCUT2D eigenvalue weighted by molar-refractivity contribution is -0.384. The molecule has 0 saturated heterocycles. The van der Waals surface area contributed by atoms with Crippen LogP contribution in [0.1, 0.15) is 36.8 Å². The molecule has 4 rings (SSSR count). The van der Waals surface area contributed by atoms with Crippen LogP contribution in [0.2, 0.25) is 0 Å². The van der Waals surface area contributed by atoms with E-state index in [0.29, 0.717) is 5.56 Å². The molecular weight excluding hydrogens is 480 g/mol. The monoisotopic (exact) mass is 498 g/mol. The molecule has 11 nitrogen and oxygen atoms in total. The van der Waals surface area contributed by atoms with Crippen LogP contribution in [0.5, 0.6) is 5.75 Å². The number of benzene rings is 3. The number of anilines is 1. The van der Waals surface area contributed by atoms with Gasteiger partial charge in [0.25, 0.3) is 17.5 Å². The molecule has 2 amide bonds. The summed E-state index contributed by atoms with van der Waals surface area (Å²) in [5.41, 5.74) is 3.17. The van der Waals surface area contributed by atoms with Crippen LogP contribution in [0.25, 0.3) is 0 Å². The number of non-ortho nitro benzene ring substituents is 1. The first-order chi connectivity index (χ1) is 17.9. The summed E-state index contributed by atoms with van der Waals surface area (Å²) in [4.78, 5) is 47.8. The van der Waals surface area contributed by atoms with Gasteiger partial charge in [-0.1, -0.05) is 24.3 Å². The molecular formula is C26H18N4O7. The van der Waals surface area contributed by atoms with Gasteiger partial charge in [0.1, 0.15) is 5.75 Å². The van der Waals surface area contributed by atoms with Crippen molar-refractivity contribution in [2.45, 2.75) is 0 Å². The first-order valence-corrected chi connectivity index (χ1v) is 10.8. The van der Waals surface area contributed by atoms with Gasteiger partial charge in [0.05, 0.1) is 28.7 Å². The van der Waals surface area contributed by atoms with E-state index in [9.17, 15) is 24.5 Å². The third-order valence-electron chi connectivity index (χ3n) is 4.97. The molecule has 2 N–H and O–H groups in total. The maximum atomic E-state index is 12.8. The molecule has 1 heterocycles. The minimum Gasteiger partial charge on any atom is -0.457 e. The van der Waals surface area contributed by atoms with Crippen molar-refractivity contribution in [3.05, 3.63) is 124 Å². The maximum Gasteiger partial charge on any atom is 0.379 e. The maximum absolute atomic E-state index is 12.8. The van der Waals surface area contributed by atoms with Crippen molar-refractivity contribution in [3.63, 3.8) is 0 Å². The Balaban J connectivity index is 1.43. The first kappa shape index (κ1) is 24.5. The Morgan fingerprint density at radius 1 is 0.892 bits per heavy atom. The van der Waals surface area contributed by atoms with Crippen molar-refractivity contribution >= 4 is 35.4 Å². The highest BCUT2D eigenvalue weighted by atomic mass is 16.6. The Morgan fingerprint density at radius 3 is 2.35 bits per heavy atom. The SMILES string of the molecule is O=C(Nc1ccccc1C(=O)N/N=C\c1ccccc1OC(=O)c1ccco1)c1ccc([N+](=O)[O-])cc1. The van der Waals surface area contributed by atoms with Crippen LogP contribution < -0.4 is 15.5 Å². The van der Waals surface area contributed by atoms with Gasteiger partial charge in [-0.3, -0.25) is 19.7 Å². The summed E-state index contributed by atoms with van der Waals surface area (Å²) in [6, 6.07) is 20.9. The fourth-order valence-electron chi connectivity index (χ4n) is 3.16. The largest absolute Gasteiger partial charge is 0.457 e. The van der Waals surface area contributed by atoms with Crippen LogP contribution in [0.15, 0.2) is 101 Å². The fourth-order valence-corrected chi connectivity index (χ4v) is 3.16. The zero-order chi connectivity index (χ0) is 26.2. The molecule has 0 spiro atoms. The highest BCUT2D eigenvalue weighted by Gasteiger charge is 2.16. The third-order valence-corrected chi connectivity index (χ3v) is 4.97. The van der Waals surface area contributed by atoms with Gasteiger partial charge in [-0.15, -0.1) is 0 Å². The highest BCUT2D eigenvalue weighted by Crippen LogP contribution is 2.19. The van der Waals surface area contributed by atoms with Crippen LogP contribution in [0.3, 0.4) is 0 Å². The summed E-state index contributed by atoms with van der Waals surface area (Å²) in [6.07, 6.45) is 2.66. The number of hydrogen-bond acceptors (Lipinski definition) is 8. The van der Waals surface area contributed by atoms with Gasteiger partial charge in [0, 0.05) is 23.3 Å². The number of nitrogens with one attached hydrogen (secondary N) is 2. The van der Waals surface area contributed by atoms with E-state index in [-0.39, 0.29) is 34.0 Å². The van der Waals surface area contributed by atoms with E-state index in [2.05, 4.69) is 15.8 Å². The van der Waals surface area contributed by atoms with Crippen LogP contribution in [-0.4, -0.2) is 28.9 Å². The van der Waals surface area contributed by atoms with Crippen molar-refractivity contribution in [3.8, 4) is 5.75 Å². The summed E-state index contributed by atoms with van der Waals surface area (Å²) >= 11 is 0. The lowest BCUT2D eigenvalue weighted by Crippen LogP contribution is -2.21. The van der Waals surface area contributed by atoms with Crippen LogP contribution in [0.4, 0.5) is 11.4 Å². The predicted octanol–water partition coefficient (Wildman–Crippen LogP) is 4.42. The average Bonchev–Trinajstić information content (AvgIpc) is 3.45. The number of furan rings is 1. The second-order valence-electron chi connectivity index (χ2n) is 7.41. The van der Waals surface area contributed by atoms with Gasteiger partial charge < -0.3 is 14.5 Å². The van der Waals surface area contributed by atoms with E-state index >= 15 is 0 Å². The van der Waals surface area contributed by atoms with Crippen molar-refractivity contribution < 1.29 is 28.5 Å². The topological polar surface area (TPSA) is 153 Å². The molecule has 0 fully saturated rings. The highest BCUT2D eigenvalue weighted by molar-refractivity contribution is 6.09. The van der Waals surface area contributed by atoms with Crippen molar-refractivity contribution in [2.75, 3.05) is 5.32 Å². The number of carbonyl (C=O) groups excluding carboxylic acids is 3. The van der Waals surface area contributed by atoms with Gasteiger partial charge in [-0.25, -0.2) is 10.2 Å². The van der Waals surface area contributed by atoms with Crippen LogP contribution in [0, 0.1) is 10.1 Å². The van der Waals surface area contributed by atoms with Gasteiger partial charge in [-0.05, 0) is 48.5 Å². The minimum absolute atomic E-state index is 0.0347. The van der Waals surface area contributed by atoms with Crippen LogP contribution >= 0.6 is 0 Å². The van der Waals surface area contributed by atoms with Gasteiger partial charge in [-0.2, -0.15) is 5.10 Å². The van der Waals surface area contributed by atoms with E-state index in [1.807, 2.05) is 0 Å². The van der Waals surface area contributed by atoms with E-state index in [4.69, 9.17) is 9.15 Å².